The number of hydrogen-bond acceptors (Lipinski definition) is 3. The Balaban J connectivity index is 1.92. The molecule has 0 aliphatic carbocycles. The molecule has 0 atom stereocenters. The van der Waals surface area contributed by atoms with E-state index < -0.39 is 0 Å². The van der Waals surface area contributed by atoms with Crippen LogP contribution in [-0.4, -0.2) is 17.5 Å². The van der Waals surface area contributed by atoms with Gasteiger partial charge in [0.2, 0.25) is 5.91 Å². The molecule has 0 aliphatic heterocycles. The van der Waals surface area contributed by atoms with Gasteiger partial charge < -0.3 is 5.32 Å². The van der Waals surface area contributed by atoms with E-state index >= 15 is 0 Å². The minimum atomic E-state index is -0.285. The molecule has 0 unspecified atom stereocenters. The molecule has 0 aliphatic rings. The van der Waals surface area contributed by atoms with Gasteiger partial charge in [-0.3, -0.25) is 9.59 Å². The standard InChI is InChI=1S/C20H23N3O2/c1-13-9-10-17(11-15(13)3)21-19(24)12-16(4)22-23-20(25)18-8-6-5-7-14(18)2/h5-11H,12H2,1-4H3,(H,21,24)(H,23,25). The maximum atomic E-state index is 12.1. The molecule has 0 aromatic heterocycles. The Hall–Kier alpha value is -2.95. The van der Waals surface area contributed by atoms with E-state index in [1.807, 2.05) is 51.1 Å². The third-order valence-corrected chi connectivity index (χ3v) is 3.95. The topological polar surface area (TPSA) is 70.6 Å². The Morgan fingerprint density at radius 3 is 2.36 bits per heavy atom. The van der Waals surface area contributed by atoms with Gasteiger partial charge in [0.05, 0.1) is 6.42 Å². The van der Waals surface area contributed by atoms with Crippen molar-refractivity contribution in [2.24, 2.45) is 5.10 Å². The summed E-state index contributed by atoms with van der Waals surface area (Å²) in [6.07, 6.45) is 0.112. The molecule has 0 heterocycles. The van der Waals surface area contributed by atoms with Gasteiger partial charge in [-0.05, 0) is 62.6 Å². The first-order valence-corrected chi connectivity index (χ1v) is 8.13. The lowest BCUT2D eigenvalue weighted by atomic mass is 10.1. The average Bonchev–Trinajstić information content (AvgIpc) is 2.56. The monoisotopic (exact) mass is 337 g/mol. The number of hydrogen-bond donors (Lipinski definition) is 2. The lowest BCUT2D eigenvalue weighted by molar-refractivity contribution is -0.115. The van der Waals surface area contributed by atoms with Crippen LogP contribution in [0.2, 0.25) is 0 Å². The summed E-state index contributed by atoms with van der Waals surface area (Å²) in [6, 6.07) is 13.0. The summed E-state index contributed by atoms with van der Waals surface area (Å²) >= 11 is 0. The zero-order valence-corrected chi connectivity index (χ0v) is 15.0. The molecule has 0 saturated carbocycles. The predicted molar refractivity (Wildman–Crippen MR) is 101 cm³/mol. The second kappa shape index (κ2) is 8.24. The smallest absolute Gasteiger partial charge is 0.271 e. The molecule has 2 amide bonds. The Kier molecular flexibility index (Phi) is 6.06. The second-order valence-electron chi connectivity index (χ2n) is 6.13. The fourth-order valence-corrected chi connectivity index (χ4v) is 2.33. The fourth-order valence-electron chi connectivity index (χ4n) is 2.33. The van der Waals surface area contributed by atoms with E-state index in [2.05, 4.69) is 15.8 Å². The summed E-state index contributed by atoms with van der Waals surface area (Å²) in [7, 11) is 0. The lowest BCUT2D eigenvalue weighted by Gasteiger charge is -2.08. The zero-order valence-electron chi connectivity index (χ0n) is 15.0. The SMILES string of the molecule is CC(CC(=O)Nc1ccc(C)c(C)c1)=NNC(=O)c1ccccc1C. The number of aryl methyl sites for hydroxylation is 3. The summed E-state index contributed by atoms with van der Waals surface area (Å²) in [5, 5.41) is 6.85. The first-order valence-electron chi connectivity index (χ1n) is 8.13. The van der Waals surface area contributed by atoms with E-state index in [4.69, 9.17) is 0 Å². The van der Waals surface area contributed by atoms with Gasteiger partial charge in [0, 0.05) is 17.0 Å². The summed E-state index contributed by atoms with van der Waals surface area (Å²) in [6.45, 7) is 7.59. The van der Waals surface area contributed by atoms with Crippen LogP contribution in [0.15, 0.2) is 47.6 Å². The van der Waals surface area contributed by atoms with Crippen molar-refractivity contribution < 1.29 is 9.59 Å². The minimum absolute atomic E-state index is 0.112. The fraction of sp³-hybridized carbons (Fsp3) is 0.250. The minimum Gasteiger partial charge on any atom is -0.326 e. The Labute approximate surface area is 148 Å². The van der Waals surface area contributed by atoms with Crippen molar-refractivity contribution in [3.8, 4) is 0 Å². The normalized spacial score (nSPS) is 11.1. The van der Waals surface area contributed by atoms with Gasteiger partial charge in [0.15, 0.2) is 0 Å². The number of carbonyl (C=O) groups is 2. The van der Waals surface area contributed by atoms with Crippen molar-refractivity contribution >= 4 is 23.2 Å². The molecule has 2 rings (SSSR count). The molecule has 0 radical (unpaired) electrons. The van der Waals surface area contributed by atoms with Gasteiger partial charge in [-0.15, -0.1) is 0 Å². The van der Waals surface area contributed by atoms with E-state index in [9.17, 15) is 9.59 Å². The number of benzene rings is 2. The van der Waals surface area contributed by atoms with Crippen LogP contribution >= 0.6 is 0 Å². The molecule has 0 fully saturated rings. The second-order valence-corrected chi connectivity index (χ2v) is 6.13. The number of carbonyl (C=O) groups excluding carboxylic acids is 2. The van der Waals surface area contributed by atoms with Gasteiger partial charge >= 0.3 is 0 Å². The van der Waals surface area contributed by atoms with E-state index in [1.165, 1.54) is 5.56 Å². The molecule has 5 heteroatoms. The molecular weight excluding hydrogens is 314 g/mol. The van der Waals surface area contributed by atoms with Crippen molar-refractivity contribution in [2.45, 2.75) is 34.1 Å². The first kappa shape index (κ1) is 18.4. The van der Waals surface area contributed by atoms with Crippen LogP contribution in [0.4, 0.5) is 5.69 Å². The maximum absolute atomic E-state index is 12.1. The highest BCUT2D eigenvalue weighted by Gasteiger charge is 2.09. The Morgan fingerprint density at radius 1 is 0.960 bits per heavy atom. The van der Waals surface area contributed by atoms with Gasteiger partial charge in [-0.2, -0.15) is 5.10 Å². The van der Waals surface area contributed by atoms with Crippen LogP contribution < -0.4 is 10.7 Å². The predicted octanol–water partition coefficient (Wildman–Crippen LogP) is 3.75. The number of amides is 2. The summed E-state index contributed by atoms with van der Waals surface area (Å²) in [4.78, 5) is 24.2. The summed E-state index contributed by atoms with van der Waals surface area (Å²) in [5.74, 6) is -0.457. The Morgan fingerprint density at radius 2 is 1.68 bits per heavy atom. The number of hydrazone groups is 1. The lowest BCUT2D eigenvalue weighted by Crippen LogP contribution is -2.22. The molecular formula is C20H23N3O2. The third-order valence-electron chi connectivity index (χ3n) is 3.95. The van der Waals surface area contributed by atoms with Gasteiger partial charge in [-0.1, -0.05) is 24.3 Å². The van der Waals surface area contributed by atoms with E-state index in [0.29, 0.717) is 11.3 Å². The van der Waals surface area contributed by atoms with Crippen molar-refractivity contribution in [3.05, 3.63) is 64.7 Å². The Bertz CT molecular complexity index is 825. The molecule has 2 aromatic carbocycles. The van der Waals surface area contributed by atoms with Crippen LogP contribution in [0.1, 0.15) is 40.4 Å². The van der Waals surface area contributed by atoms with Gasteiger partial charge in [-0.25, -0.2) is 5.43 Å². The number of nitrogens with zero attached hydrogens (tertiary/aromatic N) is 1. The largest absolute Gasteiger partial charge is 0.326 e. The van der Waals surface area contributed by atoms with E-state index in [-0.39, 0.29) is 18.2 Å². The van der Waals surface area contributed by atoms with Crippen LogP contribution in [0, 0.1) is 20.8 Å². The van der Waals surface area contributed by atoms with Crippen molar-refractivity contribution in [1.29, 1.82) is 0 Å². The summed E-state index contributed by atoms with van der Waals surface area (Å²) < 4.78 is 0. The maximum Gasteiger partial charge on any atom is 0.271 e. The highest BCUT2D eigenvalue weighted by molar-refractivity contribution is 6.06. The van der Waals surface area contributed by atoms with Crippen molar-refractivity contribution in [3.63, 3.8) is 0 Å². The number of anilines is 1. The quantitative estimate of drug-likeness (QED) is 0.644. The number of nitrogens with one attached hydrogen (secondary N) is 2. The van der Waals surface area contributed by atoms with E-state index in [1.54, 1.807) is 19.1 Å². The molecule has 2 aromatic rings. The zero-order chi connectivity index (χ0) is 18.4. The van der Waals surface area contributed by atoms with E-state index in [0.717, 1.165) is 16.8 Å². The molecule has 2 N–H and O–H groups in total. The molecule has 130 valence electrons. The molecule has 5 nitrogen and oxygen atoms in total. The van der Waals surface area contributed by atoms with Crippen LogP contribution in [-0.2, 0) is 4.79 Å². The van der Waals surface area contributed by atoms with Crippen LogP contribution in [0.5, 0.6) is 0 Å². The summed E-state index contributed by atoms with van der Waals surface area (Å²) in [5.41, 5.74) is 7.52. The number of rotatable bonds is 5. The molecule has 0 saturated heterocycles. The van der Waals surface area contributed by atoms with Crippen molar-refractivity contribution in [2.75, 3.05) is 5.32 Å². The van der Waals surface area contributed by atoms with Crippen LogP contribution in [0.3, 0.4) is 0 Å². The third kappa shape index (κ3) is 5.28. The highest BCUT2D eigenvalue weighted by atomic mass is 16.2. The van der Waals surface area contributed by atoms with Crippen LogP contribution in [0.25, 0.3) is 0 Å². The van der Waals surface area contributed by atoms with Crippen molar-refractivity contribution in [1.82, 2.24) is 5.43 Å². The average molecular weight is 337 g/mol. The highest BCUT2D eigenvalue weighted by Crippen LogP contribution is 2.14. The molecule has 25 heavy (non-hydrogen) atoms. The first-order chi connectivity index (χ1) is 11.9. The molecule has 0 spiro atoms. The van der Waals surface area contributed by atoms with Gasteiger partial charge in [0.25, 0.3) is 5.91 Å². The molecule has 0 bridgehead atoms. The van der Waals surface area contributed by atoms with Gasteiger partial charge in [0.1, 0.15) is 0 Å².